The molecule has 0 spiro atoms. The van der Waals surface area contributed by atoms with Crippen LogP contribution in [0.15, 0.2) is 10.9 Å². The zero-order valence-corrected chi connectivity index (χ0v) is 8.61. The SMILES string of the molecule is CC.Cc1cc2c([nH]c1=O)CCC2. The lowest BCUT2D eigenvalue weighted by Gasteiger charge is -1.98. The Balaban J connectivity index is 0.000000396. The van der Waals surface area contributed by atoms with Gasteiger partial charge >= 0.3 is 0 Å². The summed E-state index contributed by atoms with van der Waals surface area (Å²) < 4.78 is 0. The number of fused-ring (bicyclic) bond motifs is 1. The molecule has 72 valence electrons. The van der Waals surface area contributed by atoms with Gasteiger partial charge in [0.1, 0.15) is 0 Å². The molecule has 1 aliphatic carbocycles. The minimum atomic E-state index is 0.0747. The quantitative estimate of drug-likeness (QED) is 0.650. The van der Waals surface area contributed by atoms with Gasteiger partial charge in [-0.2, -0.15) is 0 Å². The topological polar surface area (TPSA) is 32.9 Å². The van der Waals surface area contributed by atoms with Gasteiger partial charge in [0.15, 0.2) is 0 Å². The number of aryl methyl sites for hydroxylation is 3. The van der Waals surface area contributed by atoms with Crippen LogP contribution in [0.25, 0.3) is 0 Å². The van der Waals surface area contributed by atoms with E-state index in [9.17, 15) is 4.79 Å². The Morgan fingerprint density at radius 1 is 1.31 bits per heavy atom. The predicted octanol–water partition coefficient (Wildman–Crippen LogP) is 2.20. The van der Waals surface area contributed by atoms with Crippen LogP contribution in [0.2, 0.25) is 0 Å². The molecule has 1 aliphatic rings. The molecule has 0 radical (unpaired) electrons. The number of rotatable bonds is 0. The molecule has 0 aromatic carbocycles. The molecular formula is C11H17NO. The Bertz CT molecular complexity index is 338. The second kappa shape index (κ2) is 4.26. The van der Waals surface area contributed by atoms with Crippen molar-refractivity contribution >= 4 is 0 Å². The van der Waals surface area contributed by atoms with Crippen LogP contribution < -0.4 is 5.56 Å². The smallest absolute Gasteiger partial charge is 0.251 e. The zero-order valence-electron chi connectivity index (χ0n) is 8.61. The van der Waals surface area contributed by atoms with Gasteiger partial charge in [0.2, 0.25) is 0 Å². The van der Waals surface area contributed by atoms with Crippen LogP contribution in [0.5, 0.6) is 0 Å². The van der Waals surface area contributed by atoms with Crippen molar-refractivity contribution < 1.29 is 0 Å². The largest absolute Gasteiger partial charge is 0.326 e. The molecule has 0 saturated carbocycles. The van der Waals surface area contributed by atoms with Gasteiger partial charge in [-0.05, 0) is 37.8 Å². The second-order valence-electron chi connectivity index (χ2n) is 3.14. The summed E-state index contributed by atoms with van der Waals surface area (Å²) in [6, 6.07) is 2.02. The van der Waals surface area contributed by atoms with Crippen molar-refractivity contribution in [2.24, 2.45) is 0 Å². The first-order valence-electron chi connectivity index (χ1n) is 4.99. The summed E-state index contributed by atoms with van der Waals surface area (Å²) in [6.07, 6.45) is 3.37. The maximum Gasteiger partial charge on any atom is 0.251 e. The Morgan fingerprint density at radius 2 is 2.00 bits per heavy atom. The molecule has 1 heterocycles. The predicted molar refractivity (Wildman–Crippen MR) is 55.2 cm³/mol. The Hall–Kier alpha value is -1.05. The molecule has 2 nitrogen and oxygen atoms in total. The molecule has 0 atom stereocenters. The molecular weight excluding hydrogens is 162 g/mol. The van der Waals surface area contributed by atoms with E-state index < -0.39 is 0 Å². The highest BCUT2D eigenvalue weighted by atomic mass is 16.1. The zero-order chi connectivity index (χ0) is 9.84. The molecule has 2 rings (SSSR count). The highest BCUT2D eigenvalue weighted by Crippen LogP contribution is 2.18. The van der Waals surface area contributed by atoms with Crippen LogP contribution >= 0.6 is 0 Å². The van der Waals surface area contributed by atoms with E-state index in [2.05, 4.69) is 4.98 Å². The molecule has 13 heavy (non-hydrogen) atoms. The van der Waals surface area contributed by atoms with Crippen LogP contribution in [0, 0.1) is 6.92 Å². The van der Waals surface area contributed by atoms with E-state index in [1.165, 1.54) is 12.0 Å². The maximum atomic E-state index is 11.1. The fraction of sp³-hybridized carbons (Fsp3) is 0.545. The van der Waals surface area contributed by atoms with E-state index in [-0.39, 0.29) is 5.56 Å². The van der Waals surface area contributed by atoms with Crippen molar-refractivity contribution in [2.45, 2.75) is 40.0 Å². The van der Waals surface area contributed by atoms with Gasteiger partial charge in [0, 0.05) is 11.3 Å². The lowest BCUT2D eigenvalue weighted by molar-refractivity contribution is 0.897. The number of nitrogens with one attached hydrogen (secondary N) is 1. The molecule has 1 aromatic rings. The monoisotopic (exact) mass is 179 g/mol. The molecule has 0 aliphatic heterocycles. The number of aromatic nitrogens is 1. The van der Waals surface area contributed by atoms with Crippen LogP contribution in [-0.2, 0) is 12.8 Å². The summed E-state index contributed by atoms with van der Waals surface area (Å²) in [5, 5.41) is 0. The fourth-order valence-electron chi connectivity index (χ4n) is 1.63. The number of aromatic amines is 1. The van der Waals surface area contributed by atoms with E-state index >= 15 is 0 Å². The van der Waals surface area contributed by atoms with E-state index in [4.69, 9.17) is 0 Å². The summed E-state index contributed by atoms with van der Waals surface area (Å²) in [6.45, 7) is 5.86. The number of H-pyrrole nitrogens is 1. The first-order valence-corrected chi connectivity index (χ1v) is 4.99. The first-order chi connectivity index (χ1) is 6.27. The molecule has 0 bridgehead atoms. The normalized spacial score (nSPS) is 13.2. The van der Waals surface area contributed by atoms with E-state index in [1.54, 1.807) is 0 Å². The Kier molecular flexibility index (Phi) is 3.29. The second-order valence-corrected chi connectivity index (χ2v) is 3.14. The maximum absolute atomic E-state index is 11.1. The Morgan fingerprint density at radius 3 is 2.69 bits per heavy atom. The van der Waals surface area contributed by atoms with Crippen molar-refractivity contribution in [1.29, 1.82) is 0 Å². The van der Waals surface area contributed by atoms with Crippen LogP contribution in [-0.4, -0.2) is 4.98 Å². The molecule has 0 fully saturated rings. The van der Waals surface area contributed by atoms with Crippen molar-refractivity contribution in [3.8, 4) is 0 Å². The summed E-state index contributed by atoms with van der Waals surface area (Å²) in [5.74, 6) is 0. The van der Waals surface area contributed by atoms with Crippen LogP contribution in [0.1, 0.15) is 37.1 Å². The molecule has 0 saturated heterocycles. The van der Waals surface area contributed by atoms with E-state index in [0.29, 0.717) is 0 Å². The first kappa shape index (κ1) is 10.0. The average molecular weight is 179 g/mol. The fourth-order valence-corrected chi connectivity index (χ4v) is 1.63. The van der Waals surface area contributed by atoms with E-state index in [1.807, 2.05) is 26.8 Å². The summed E-state index contributed by atoms with van der Waals surface area (Å²) >= 11 is 0. The summed E-state index contributed by atoms with van der Waals surface area (Å²) in [7, 11) is 0. The minimum absolute atomic E-state index is 0.0747. The third-order valence-electron chi connectivity index (χ3n) is 2.27. The van der Waals surface area contributed by atoms with Gasteiger partial charge in [-0.1, -0.05) is 13.8 Å². The lowest BCUT2D eigenvalue weighted by Crippen LogP contribution is -2.11. The van der Waals surface area contributed by atoms with Crippen LogP contribution in [0.4, 0.5) is 0 Å². The van der Waals surface area contributed by atoms with Gasteiger partial charge in [-0.25, -0.2) is 0 Å². The third-order valence-corrected chi connectivity index (χ3v) is 2.27. The molecule has 1 aromatic heterocycles. The number of hydrogen-bond acceptors (Lipinski definition) is 1. The molecule has 0 unspecified atom stereocenters. The number of pyridine rings is 1. The minimum Gasteiger partial charge on any atom is -0.326 e. The van der Waals surface area contributed by atoms with Gasteiger partial charge in [0.05, 0.1) is 0 Å². The molecule has 1 N–H and O–H groups in total. The Labute approximate surface area is 79.0 Å². The molecule has 2 heteroatoms. The lowest BCUT2D eigenvalue weighted by atomic mass is 10.2. The van der Waals surface area contributed by atoms with Gasteiger partial charge in [-0.15, -0.1) is 0 Å². The number of hydrogen-bond donors (Lipinski definition) is 1. The van der Waals surface area contributed by atoms with E-state index in [0.717, 1.165) is 24.1 Å². The summed E-state index contributed by atoms with van der Waals surface area (Å²) in [4.78, 5) is 14.0. The molecule has 0 amide bonds. The van der Waals surface area contributed by atoms with Crippen LogP contribution in [0.3, 0.4) is 0 Å². The summed E-state index contributed by atoms with van der Waals surface area (Å²) in [5.41, 5.74) is 3.40. The third kappa shape index (κ3) is 2.00. The highest BCUT2D eigenvalue weighted by Gasteiger charge is 2.11. The van der Waals surface area contributed by atoms with Crippen molar-refractivity contribution in [3.63, 3.8) is 0 Å². The average Bonchev–Trinajstić information content (AvgIpc) is 2.56. The van der Waals surface area contributed by atoms with Crippen molar-refractivity contribution in [1.82, 2.24) is 4.98 Å². The standard InChI is InChI=1S/C9H11NO.C2H6/c1-6-5-7-3-2-4-8(7)10-9(6)11;1-2/h5H,2-4H2,1H3,(H,10,11);1-2H3. The van der Waals surface area contributed by atoms with Gasteiger partial charge in [0.25, 0.3) is 5.56 Å². The van der Waals surface area contributed by atoms with Crippen molar-refractivity contribution in [2.75, 3.05) is 0 Å². The van der Waals surface area contributed by atoms with Crippen molar-refractivity contribution in [3.05, 3.63) is 33.2 Å². The highest BCUT2D eigenvalue weighted by molar-refractivity contribution is 5.28. The van der Waals surface area contributed by atoms with Gasteiger partial charge < -0.3 is 4.98 Å². The van der Waals surface area contributed by atoms with Gasteiger partial charge in [-0.3, -0.25) is 4.79 Å².